The van der Waals surface area contributed by atoms with E-state index >= 15 is 0 Å². The van der Waals surface area contributed by atoms with E-state index in [0.29, 0.717) is 6.42 Å². The number of carbonyl (C=O) groups is 2. The highest BCUT2D eigenvalue weighted by Gasteiger charge is 2.20. The van der Waals surface area contributed by atoms with E-state index < -0.39 is 17.9 Å². The average molecular weight is 229 g/mol. The highest BCUT2D eigenvalue weighted by atomic mass is 16.5. The van der Waals surface area contributed by atoms with Gasteiger partial charge in [-0.2, -0.15) is 0 Å². The summed E-state index contributed by atoms with van der Waals surface area (Å²) in [5, 5.41) is 11.3. The molecule has 0 rings (SSSR count). The van der Waals surface area contributed by atoms with Gasteiger partial charge in [-0.05, 0) is 12.3 Å². The number of ether oxygens (including phenoxy) is 1. The molecule has 0 aliphatic heterocycles. The van der Waals surface area contributed by atoms with Crippen molar-refractivity contribution in [1.82, 2.24) is 5.32 Å². The highest BCUT2D eigenvalue weighted by molar-refractivity contribution is 5.84. The Hall–Kier alpha value is -1.36. The number of amides is 1. The first-order valence-electron chi connectivity index (χ1n) is 5.18. The molecule has 5 nitrogen and oxygen atoms in total. The van der Waals surface area contributed by atoms with Crippen molar-refractivity contribution in [2.45, 2.75) is 26.3 Å². The van der Waals surface area contributed by atoms with Crippen LogP contribution in [0.15, 0.2) is 12.7 Å². The first-order chi connectivity index (χ1) is 7.47. The minimum Gasteiger partial charge on any atom is -0.480 e. The van der Waals surface area contributed by atoms with E-state index in [1.54, 1.807) is 0 Å². The van der Waals surface area contributed by atoms with Crippen LogP contribution in [0.5, 0.6) is 0 Å². The fourth-order valence-electron chi connectivity index (χ4n) is 1.16. The van der Waals surface area contributed by atoms with Gasteiger partial charge >= 0.3 is 5.97 Å². The van der Waals surface area contributed by atoms with E-state index in [1.165, 1.54) is 6.08 Å². The third-order valence-corrected chi connectivity index (χ3v) is 1.81. The first kappa shape index (κ1) is 14.6. The van der Waals surface area contributed by atoms with Crippen molar-refractivity contribution in [3.63, 3.8) is 0 Å². The summed E-state index contributed by atoms with van der Waals surface area (Å²) >= 11 is 0. The lowest BCUT2D eigenvalue weighted by atomic mass is 10.0. The van der Waals surface area contributed by atoms with Crippen molar-refractivity contribution >= 4 is 11.9 Å². The summed E-state index contributed by atoms with van der Waals surface area (Å²) in [6.45, 7) is 7.36. The van der Waals surface area contributed by atoms with Gasteiger partial charge in [-0.3, -0.25) is 4.79 Å². The van der Waals surface area contributed by atoms with Crippen LogP contribution in [-0.2, 0) is 14.3 Å². The molecule has 92 valence electrons. The zero-order valence-corrected chi connectivity index (χ0v) is 9.73. The van der Waals surface area contributed by atoms with Crippen molar-refractivity contribution in [2.75, 3.05) is 13.2 Å². The van der Waals surface area contributed by atoms with Crippen LogP contribution in [0.2, 0.25) is 0 Å². The number of hydrogen-bond acceptors (Lipinski definition) is 3. The zero-order chi connectivity index (χ0) is 12.6. The van der Waals surface area contributed by atoms with E-state index in [4.69, 9.17) is 9.84 Å². The Labute approximate surface area is 95.5 Å². The number of rotatable bonds is 8. The van der Waals surface area contributed by atoms with Crippen LogP contribution in [0.25, 0.3) is 0 Å². The van der Waals surface area contributed by atoms with E-state index in [-0.39, 0.29) is 19.1 Å². The van der Waals surface area contributed by atoms with Crippen molar-refractivity contribution < 1.29 is 19.4 Å². The summed E-state index contributed by atoms with van der Waals surface area (Å²) in [6, 6.07) is -0.847. The summed E-state index contributed by atoms with van der Waals surface area (Å²) in [7, 11) is 0. The number of nitrogens with one attached hydrogen (secondary N) is 1. The van der Waals surface area contributed by atoms with Crippen molar-refractivity contribution in [3.8, 4) is 0 Å². The Kier molecular flexibility index (Phi) is 7.20. The molecule has 16 heavy (non-hydrogen) atoms. The van der Waals surface area contributed by atoms with Gasteiger partial charge in [0.2, 0.25) is 5.91 Å². The van der Waals surface area contributed by atoms with Crippen LogP contribution in [0.4, 0.5) is 0 Å². The molecule has 0 fully saturated rings. The number of aliphatic carboxylic acids is 1. The maximum atomic E-state index is 11.3. The van der Waals surface area contributed by atoms with Crippen LogP contribution >= 0.6 is 0 Å². The molecule has 0 spiro atoms. The minimum atomic E-state index is -1.02. The van der Waals surface area contributed by atoms with Crippen molar-refractivity contribution in [3.05, 3.63) is 12.7 Å². The predicted octanol–water partition coefficient (Wildman–Crippen LogP) is 0.804. The van der Waals surface area contributed by atoms with E-state index in [0.717, 1.165) is 0 Å². The summed E-state index contributed by atoms with van der Waals surface area (Å²) < 4.78 is 4.91. The summed E-state index contributed by atoms with van der Waals surface area (Å²) in [5.74, 6) is -1.24. The average Bonchev–Trinajstić information content (AvgIpc) is 2.16. The van der Waals surface area contributed by atoms with Gasteiger partial charge < -0.3 is 15.2 Å². The monoisotopic (exact) mass is 229 g/mol. The van der Waals surface area contributed by atoms with Gasteiger partial charge in [0.05, 0.1) is 6.61 Å². The molecule has 0 saturated heterocycles. The fourth-order valence-corrected chi connectivity index (χ4v) is 1.16. The quantitative estimate of drug-likeness (QED) is 0.477. The number of carboxylic acids is 1. The first-order valence-corrected chi connectivity index (χ1v) is 5.18. The molecule has 0 unspecified atom stereocenters. The zero-order valence-electron chi connectivity index (χ0n) is 9.73. The van der Waals surface area contributed by atoms with Crippen molar-refractivity contribution in [2.24, 2.45) is 5.92 Å². The van der Waals surface area contributed by atoms with E-state index in [2.05, 4.69) is 11.9 Å². The smallest absolute Gasteiger partial charge is 0.326 e. The Balaban J connectivity index is 4.03. The van der Waals surface area contributed by atoms with Gasteiger partial charge in [-0.15, -0.1) is 6.58 Å². The fraction of sp³-hybridized carbons (Fsp3) is 0.636. The Morgan fingerprint density at radius 3 is 2.56 bits per heavy atom. The SMILES string of the molecule is C=CCOCC(=O)N[C@H](CC(C)C)C(=O)O. The molecule has 0 aliphatic carbocycles. The minimum absolute atomic E-state index is 0.145. The number of carboxylic acid groups (broad SMARTS) is 1. The largest absolute Gasteiger partial charge is 0.480 e. The van der Waals surface area contributed by atoms with Crippen LogP contribution < -0.4 is 5.32 Å². The highest BCUT2D eigenvalue weighted by Crippen LogP contribution is 2.04. The van der Waals surface area contributed by atoms with Crippen LogP contribution in [0, 0.1) is 5.92 Å². The van der Waals surface area contributed by atoms with E-state index in [1.807, 2.05) is 13.8 Å². The standard InChI is InChI=1S/C11H19NO4/c1-4-5-16-7-10(13)12-9(11(14)15)6-8(2)3/h4,8-9H,1,5-7H2,2-3H3,(H,12,13)(H,14,15)/t9-/m1/s1. The Morgan fingerprint density at radius 2 is 2.12 bits per heavy atom. The third kappa shape index (κ3) is 7.00. The van der Waals surface area contributed by atoms with Gasteiger partial charge in [-0.25, -0.2) is 4.79 Å². The molecule has 0 aliphatic rings. The van der Waals surface area contributed by atoms with Gasteiger partial charge in [0.15, 0.2) is 0 Å². The Morgan fingerprint density at radius 1 is 1.50 bits per heavy atom. The molecule has 0 radical (unpaired) electrons. The third-order valence-electron chi connectivity index (χ3n) is 1.81. The summed E-state index contributed by atoms with van der Waals surface area (Å²) in [4.78, 5) is 22.1. The molecule has 1 atom stereocenters. The molecule has 0 aromatic heterocycles. The maximum Gasteiger partial charge on any atom is 0.326 e. The van der Waals surface area contributed by atoms with Crippen molar-refractivity contribution in [1.29, 1.82) is 0 Å². The topological polar surface area (TPSA) is 75.6 Å². The number of hydrogen-bond donors (Lipinski definition) is 2. The van der Waals surface area contributed by atoms with E-state index in [9.17, 15) is 9.59 Å². The molecular formula is C11H19NO4. The summed E-state index contributed by atoms with van der Waals surface area (Å²) in [5.41, 5.74) is 0. The van der Waals surface area contributed by atoms with Crippen LogP contribution in [0.3, 0.4) is 0 Å². The molecule has 0 bridgehead atoms. The second kappa shape index (κ2) is 7.87. The second-order valence-electron chi connectivity index (χ2n) is 3.89. The molecule has 0 aromatic carbocycles. The lowest BCUT2D eigenvalue weighted by molar-refractivity contribution is -0.143. The Bertz CT molecular complexity index is 250. The molecule has 0 saturated carbocycles. The molecule has 1 amide bonds. The number of carbonyl (C=O) groups excluding carboxylic acids is 1. The predicted molar refractivity (Wildman–Crippen MR) is 60.0 cm³/mol. The lowest BCUT2D eigenvalue weighted by Crippen LogP contribution is -2.43. The molecule has 2 N–H and O–H groups in total. The van der Waals surface area contributed by atoms with Gasteiger partial charge in [-0.1, -0.05) is 19.9 Å². The van der Waals surface area contributed by atoms with Gasteiger partial charge in [0.25, 0.3) is 0 Å². The molecule has 5 heteroatoms. The van der Waals surface area contributed by atoms with Crippen LogP contribution in [0.1, 0.15) is 20.3 Å². The van der Waals surface area contributed by atoms with Gasteiger partial charge in [0.1, 0.15) is 12.6 Å². The van der Waals surface area contributed by atoms with Gasteiger partial charge in [0, 0.05) is 0 Å². The normalized spacial score (nSPS) is 12.2. The molecule has 0 heterocycles. The lowest BCUT2D eigenvalue weighted by Gasteiger charge is -2.16. The summed E-state index contributed by atoms with van der Waals surface area (Å²) in [6.07, 6.45) is 1.93. The molecular weight excluding hydrogens is 210 g/mol. The van der Waals surface area contributed by atoms with Crippen LogP contribution in [-0.4, -0.2) is 36.2 Å². The maximum absolute atomic E-state index is 11.3. The molecule has 0 aromatic rings. The second-order valence-corrected chi connectivity index (χ2v) is 3.89.